The lowest BCUT2D eigenvalue weighted by atomic mass is 10.1. The summed E-state index contributed by atoms with van der Waals surface area (Å²) in [5.74, 6) is -0.684. The van der Waals surface area contributed by atoms with E-state index in [0.29, 0.717) is 0 Å². The van der Waals surface area contributed by atoms with Gasteiger partial charge in [0.15, 0.2) is 6.80 Å². The zero-order valence-corrected chi connectivity index (χ0v) is 8.95. The molecular weight excluding hydrogens is 205 g/mol. The minimum Gasteiger partial charge on any atom is -0.391 e. The van der Waals surface area contributed by atoms with Crippen molar-refractivity contribution in [1.82, 2.24) is 15.5 Å². The highest BCUT2D eigenvalue weighted by Crippen LogP contribution is 1.99. The van der Waals surface area contributed by atoms with Crippen molar-refractivity contribution in [3.63, 3.8) is 0 Å². The molecule has 1 unspecified atom stereocenters. The van der Waals surface area contributed by atoms with Crippen LogP contribution in [0.5, 0.6) is 0 Å². The average Bonchev–Trinajstić information content (AvgIpc) is 2.22. The number of rotatable bonds is 4. The molecule has 0 bridgehead atoms. The zero-order valence-electron chi connectivity index (χ0n) is 8.95. The number of carbonyl (C=O) groups excluding carboxylic acids is 2. The Morgan fingerprint density at radius 3 is 2.40 bits per heavy atom. The Labute approximate surface area is 87.4 Å². The first-order valence-corrected chi connectivity index (χ1v) is 4.41. The molecule has 0 aliphatic heterocycles. The number of likely N-dealkylation sites (N-methyl/N-ethyl adjacent to an activating group) is 1. The summed E-state index contributed by atoms with van der Waals surface area (Å²) in [4.78, 5) is 23.2. The summed E-state index contributed by atoms with van der Waals surface area (Å²) in [5.41, 5.74) is 0. The van der Waals surface area contributed by atoms with Gasteiger partial charge < -0.3 is 20.6 Å². The second-order valence-corrected chi connectivity index (χ2v) is 3.10. The van der Waals surface area contributed by atoms with Gasteiger partial charge in [-0.1, -0.05) is 0 Å². The van der Waals surface area contributed by atoms with Gasteiger partial charge in [0.05, 0.1) is 6.10 Å². The molecule has 0 spiro atoms. The normalized spacial score (nSPS) is 13.9. The fourth-order valence-corrected chi connectivity index (χ4v) is 0.898. The largest absolute Gasteiger partial charge is 0.391 e. The number of nitrogens with one attached hydrogen (secondary N) is 2. The van der Waals surface area contributed by atoms with E-state index in [9.17, 15) is 19.1 Å². The molecule has 6 nitrogen and oxygen atoms in total. The van der Waals surface area contributed by atoms with E-state index < -0.39 is 30.9 Å². The van der Waals surface area contributed by atoms with Crippen LogP contribution >= 0.6 is 0 Å². The molecule has 0 radical (unpaired) electrons. The van der Waals surface area contributed by atoms with Gasteiger partial charge in [0, 0.05) is 14.1 Å². The Morgan fingerprint density at radius 2 is 2.07 bits per heavy atom. The third kappa shape index (κ3) is 4.11. The van der Waals surface area contributed by atoms with Crippen LogP contribution in [0.4, 0.5) is 9.18 Å². The van der Waals surface area contributed by atoms with Crippen molar-refractivity contribution in [3.8, 4) is 0 Å². The number of halogens is 1. The fraction of sp³-hybridized carbons (Fsp3) is 0.750. The van der Waals surface area contributed by atoms with Gasteiger partial charge in [-0.15, -0.1) is 0 Å². The summed E-state index contributed by atoms with van der Waals surface area (Å²) < 4.78 is 12.2. The van der Waals surface area contributed by atoms with Crippen LogP contribution in [0.15, 0.2) is 0 Å². The Bertz CT molecular complexity index is 235. The third-order valence-corrected chi connectivity index (χ3v) is 1.82. The highest BCUT2D eigenvalue weighted by Gasteiger charge is 2.27. The van der Waals surface area contributed by atoms with E-state index in [1.807, 2.05) is 0 Å². The van der Waals surface area contributed by atoms with Crippen LogP contribution in [-0.4, -0.2) is 55.0 Å². The molecule has 15 heavy (non-hydrogen) atoms. The molecule has 0 saturated heterocycles. The summed E-state index contributed by atoms with van der Waals surface area (Å²) in [6.45, 7) is 0.363. The first-order valence-electron chi connectivity index (χ1n) is 4.41. The number of urea groups is 1. The van der Waals surface area contributed by atoms with Gasteiger partial charge in [0.2, 0.25) is 5.91 Å². The topological polar surface area (TPSA) is 81.7 Å². The van der Waals surface area contributed by atoms with E-state index in [4.69, 9.17) is 0 Å². The van der Waals surface area contributed by atoms with Crippen LogP contribution in [-0.2, 0) is 4.79 Å². The molecule has 7 heteroatoms. The van der Waals surface area contributed by atoms with Crippen molar-refractivity contribution in [1.29, 1.82) is 0 Å². The lowest BCUT2D eigenvalue weighted by molar-refractivity contribution is -0.136. The van der Waals surface area contributed by atoms with Crippen LogP contribution in [0.1, 0.15) is 6.92 Å². The quantitative estimate of drug-likeness (QED) is 0.535. The molecule has 3 N–H and O–H groups in total. The number of hydrogen-bond donors (Lipinski definition) is 3. The van der Waals surface area contributed by atoms with E-state index >= 15 is 0 Å². The van der Waals surface area contributed by atoms with Gasteiger partial charge in [-0.05, 0) is 6.92 Å². The summed E-state index contributed by atoms with van der Waals surface area (Å²) >= 11 is 0. The van der Waals surface area contributed by atoms with E-state index in [-0.39, 0.29) is 0 Å². The van der Waals surface area contributed by atoms with E-state index in [0.717, 1.165) is 4.90 Å². The molecule has 0 fully saturated rings. The summed E-state index contributed by atoms with van der Waals surface area (Å²) in [5, 5.41) is 13.7. The van der Waals surface area contributed by atoms with Crippen LogP contribution in [0, 0.1) is 0 Å². The van der Waals surface area contributed by atoms with Crippen LogP contribution in [0.25, 0.3) is 0 Å². The minimum absolute atomic E-state index is 0.610. The van der Waals surface area contributed by atoms with Gasteiger partial charge >= 0.3 is 6.03 Å². The van der Waals surface area contributed by atoms with Gasteiger partial charge in [0.1, 0.15) is 6.04 Å². The minimum atomic E-state index is -1.15. The number of nitrogens with zero attached hydrogens (tertiary/aromatic N) is 1. The maximum Gasteiger partial charge on any atom is 0.315 e. The Balaban J connectivity index is 4.52. The molecule has 0 saturated carbocycles. The van der Waals surface area contributed by atoms with E-state index in [1.54, 1.807) is 0 Å². The number of amides is 3. The standard InChI is InChI=1S/C8H16FN3O3/c1-5(13)6(11-8(15)10-2)7(14)12(3)4-9/h5-6,13H,4H2,1-3H3,(H2,10,11,15)/t5-,6?/m1/s1. The Hall–Kier alpha value is -1.37. The molecule has 0 aliphatic carbocycles. The predicted octanol–water partition coefficient (Wildman–Crippen LogP) is -0.950. The maximum atomic E-state index is 12.2. The SMILES string of the molecule is CNC(=O)NC(C(=O)N(C)CF)[C@@H](C)O. The highest BCUT2D eigenvalue weighted by molar-refractivity contribution is 5.87. The van der Waals surface area contributed by atoms with Crippen molar-refractivity contribution >= 4 is 11.9 Å². The molecule has 3 amide bonds. The molecule has 0 aromatic heterocycles. The Morgan fingerprint density at radius 1 is 1.53 bits per heavy atom. The summed E-state index contributed by atoms with van der Waals surface area (Å²) in [6, 6.07) is -1.76. The smallest absolute Gasteiger partial charge is 0.315 e. The van der Waals surface area contributed by atoms with Crippen LogP contribution in [0.2, 0.25) is 0 Å². The summed E-state index contributed by atoms with van der Waals surface area (Å²) in [7, 11) is 2.61. The maximum absolute atomic E-state index is 12.2. The molecule has 0 aromatic carbocycles. The van der Waals surface area contributed by atoms with E-state index in [1.165, 1.54) is 21.0 Å². The molecule has 0 heterocycles. The van der Waals surface area contributed by atoms with Crippen molar-refractivity contribution < 1.29 is 19.1 Å². The second kappa shape index (κ2) is 6.18. The number of carbonyl (C=O) groups is 2. The second-order valence-electron chi connectivity index (χ2n) is 3.10. The lowest BCUT2D eigenvalue weighted by Gasteiger charge is -2.24. The predicted molar refractivity (Wildman–Crippen MR) is 51.8 cm³/mol. The number of hydrogen-bond acceptors (Lipinski definition) is 3. The molecular formula is C8H16FN3O3. The van der Waals surface area contributed by atoms with Gasteiger partial charge in [-0.2, -0.15) is 0 Å². The van der Waals surface area contributed by atoms with Crippen molar-refractivity contribution in [2.24, 2.45) is 0 Å². The van der Waals surface area contributed by atoms with Crippen LogP contribution in [0.3, 0.4) is 0 Å². The first-order chi connectivity index (χ1) is 6.93. The van der Waals surface area contributed by atoms with E-state index in [2.05, 4.69) is 10.6 Å². The average molecular weight is 221 g/mol. The van der Waals surface area contributed by atoms with Crippen molar-refractivity contribution in [2.45, 2.75) is 19.1 Å². The molecule has 2 atom stereocenters. The fourth-order valence-electron chi connectivity index (χ4n) is 0.898. The zero-order chi connectivity index (χ0) is 12.0. The van der Waals surface area contributed by atoms with Crippen LogP contribution < -0.4 is 10.6 Å². The highest BCUT2D eigenvalue weighted by atomic mass is 19.1. The van der Waals surface area contributed by atoms with Crippen molar-refractivity contribution in [2.75, 3.05) is 20.9 Å². The third-order valence-electron chi connectivity index (χ3n) is 1.82. The monoisotopic (exact) mass is 221 g/mol. The number of aliphatic hydroxyl groups excluding tert-OH is 1. The molecule has 0 aliphatic rings. The number of aliphatic hydroxyl groups is 1. The Kier molecular flexibility index (Phi) is 5.61. The van der Waals surface area contributed by atoms with Gasteiger partial charge in [0.25, 0.3) is 0 Å². The van der Waals surface area contributed by atoms with Gasteiger partial charge in [-0.25, -0.2) is 9.18 Å². The van der Waals surface area contributed by atoms with Gasteiger partial charge in [-0.3, -0.25) is 4.79 Å². The molecule has 0 rings (SSSR count). The number of alkyl halides is 1. The summed E-state index contributed by atoms with van der Waals surface area (Å²) in [6.07, 6.45) is -1.09. The first kappa shape index (κ1) is 13.6. The van der Waals surface area contributed by atoms with Crippen molar-refractivity contribution in [3.05, 3.63) is 0 Å². The lowest BCUT2D eigenvalue weighted by Crippen LogP contribution is -2.54. The molecule has 0 aromatic rings. The molecule has 88 valence electrons.